The highest BCUT2D eigenvalue weighted by molar-refractivity contribution is 5.97. The Morgan fingerprint density at radius 1 is 1.24 bits per heavy atom. The van der Waals surface area contributed by atoms with Crippen molar-refractivity contribution in [3.8, 4) is 0 Å². The van der Waals surface area contributed by atoms with Gasteiger partial charge in [-0.1, -0.05) is 37.3 Å². The Balaban J connectivity index is 2.24. The molecule has 0 N–H and O–H groups in total. The highest BCUT2D eigenvalue weighted by Gasteiger charge is 2.21. The summed E-state index contributed by atoms with van der Waals surface area (Å²) in [7, 11) is 0. The van der Waals surface area contributed by atoms with Gasteiger partial charge in [0.25, 0.3) is 5.69 Å². The molecular formula is C16H14FNO3. The lowest BCUT2D eigenvalue weighted by Crippen LogP contribution is -2.14. The first-order valence-electron chi connectivity index (χ1n) is 6.51. The van der Waals surface area contributed by atoms with Crippen molar-refractivity contribution < 1.29 is 14.1 Å². The van der Waals surface area contributed by atoms with E-state index in [1.54, 1.807) is 37.3 Å². The van der Waals surface area contributed by atoms with Gasteiger partial charge in [0.2, 0.25) is 0 Å². The molecule has 2 rings (SSSR count). The zero-order valence-corrected chi connectivity index (χ0v) is 11.5. The number of nitro groups is 1. The molecule has 0 bridgehead atoms. The van der Waals surface area contributed by atoms with E-state index in [1.165, 1.54) is 0 Å². The first kappa shape index (κ1) is 14.8. The van der Waals surface area contributed by atoms with Crippen molar-refractivity contribution in [2.45, 2.75) is 13.3 Å². The molecular weight excluding hydrogens is 273 g/mol. The van der Waals surface area contributed by atoms with Gasteiger partial charge in [0.15, 0.2) is 5.78 Å². The number of ketones is 1. The Bertz CT molecular complexity index is 670. The molecule has 2 aromatic carbocycles. The van der Waals surface area contributed by atoms with Gasteiger partial charge in [-0.25, -0.2) is 4.39 Å². The molecule has 0 aliphatic heterocycles. The lowest BCUT2D eigenvalue weighted by Gasteiger charge is -2.11. The molecule has 21 heavy (non-hydrogen) atoms. The van der Waals surface area contributed by atoms with Crippen LogP contribution >= 0.6 is 0 Å². The van der Waals surface area contributed by atoms with E-state index in [1.807, 2.05) is 0 Å². The summed E-state index contributed by atoms with van der Waals surface area (Å²) in [5, 5.41) is 11.0. The number of hydrogen-bond donors (Lipinski definition) is 0. The van der Waals surface area contributed by atoms with Crippen LogP contribution in [-0.2, 0) is 6.42 Å². The van der Waals surface area contributed by atoms with Crippen LogP contribution in [0.2, 0.25) is 0 Å². The maximum Gasteiger partial charge on any atom is 0.272 e. The molecule has 0 radical (unpaired) electrons. The van der Waals surface area contributed by atoms with Crippen molar-refractivity contribution in [1.29, 1.82) is 0 Å². The lowest BCUT2D eigenvalue weighted by atomic mass is 9.92. The molecule has 0 amide bonds. The molecule has 4 nitrogen and oxygen atoms in total. The quantitative estimate of drug-likeness (QED) is 0.477. The minimum atomic E-state index is -0.561. The summed E-state index contributed by atoms with van der Waals surface area (Å²) >= 11 is 0. The van der Waals surface area contributed by atoms with E-state index in [9.17, 15) is 19.3 Å². The van der Waals surface area contributed by atoms with Crippen LogP contribution in [0.25, 0.3) is 0 Å². The van der Waals surface area contributed by atoms with E-state index in [0.29, 0.717) is 5.56 Å². The van der Waals surface area contributed by atoms with Gasteiger partial charge in [-0.15, -0.1) is 0 Å². The third-order valence-electron chi connectivity index (χ3n) is 3.27. The topological polar surface area (TPSA) is 60.2 Å². The number of carbonyl (C=O) groups excluding carboxylic acids is 1. The molecule has 108 valence electrons. The zero-order valence-electron chi connectivity index (χ0n) is 11.5. The molecule has 0 fully saturated rings. The summed E-state index contributed by atoms with van der Waals surface area (Å²) in [6.45, 7) is 1.68. The molecule has 0 aliphatic rings. The Morgan fingerprint density at radius 2 is 1.90 bits per heavy atom. The Kier molecular flexibility index (Phi) is 4.42. The first-order valence-corrected chi connectivity index (χ1v) is 6.51. The predicted octanol–water partition coefficient (Wildman–Crippen LogP) is 3.80. The molecule has 0 aromatic heterocycles. The van der Waals surface area contributed by atoms with E-state index >= 15 is 0 Å². The average Bonchev–Trinajstić information content (AvgIpc) is 2.47. The molecule has 0 saturated heterocycles. The second-order valence-electron chi connectivity index (χ2n) is 4.87. The number of Topliss-reactive ketones (excluding diaryl/α,β-unsaturated/α-hetero) is 1. The average molecular weight is 287 g/mol. The van der Waals surface area contributed by atoms with Gasteiger partial charge in [0.1, 0.15) is 5.82 Å². The normalized spacial score (nSPS) is 11.9. The van der Waals surface area contributed by atoms with E-state index in [4.69, 9.17) is 0 Å². The minimum Gasteiger partial charge on any atom is -0.294 e. The predicted molar refractivity (Wildman–Crippen MR) is 76.7 cm³/mol. The van der Waals surface area contributed by atoms with Crippen molar-refractivity contribution in [2.24, 2.45) is 5.92 Å². The minimum absolute atomic E-state index is 0.117. The van der Waals surface area contributed by atoms with Crippen molar-refractivity contribution >= 4 is 11.5 Å². The number of benzene rings is 2. The van der Waals surface area contributed by atoms with Crippen LogP contribution in [0.5, 0.6) is 0 Å². The van der Waals surface area contributed by atoms with Crippen molar-refractivity contribution in [2.75, 3.05) is 0 Å². The molecule has 0 aliphatic carbocycles. The van der Waals surface area contributed by atoms with Gasteiger partial charge >= 0.3 is 0 Å². The van der Waals surface area contributed by atoms with Crippen LogP contribution in [-0.4, -0.2) is 10.7 Å². The van der Waals surface area contributed by atoms with Gasteiger partial charge in [-0.3, -0.25) is 14.9 Å². The molecule has 1 atom stereocenters. The summed E-state index contributed by atoms with van der Waals surface area (Å²) in [6.07, 6.45) is 0.127. The second kappa shape index (κ2) is 6.26. The van der Waals surface area contributed by atoms with Crippen molar-refractivity contribution in [3.63, 3.8) is 0 Å². The van der Waals surface area contributed by atoms with Crippen LogP contribution in [0.4, 0.5) is 10.1 Å². The molecule has 1 unspecified atom stereocenters. The van der Waals surface area contributed by atoms with E-state index in [0.717, 1.165) is 18.2 Å². The zero-order chi connectivity index (χ0) is 15.4. The van der Waals surface area contributed by atoms with E-state index < -0.39 is 16.7 Å². The summed E-state index contributed by atoms with van der Waals surface area (Å²) in [5.74, 6) is -1.13. The third kappa shape index (κ3) is 3.51. The molecule has 5 heteroatoms. The van der Waals surface area contributed by atoms with Crippen molar-refractivity contribution in [3.05, 3.63) is 75.6 Å². The first-order chi connectivity index (χ1) is 9.99. The van der Waals surface area contributed by atoms with Gasteiger partial charge in [-0.05, 0) is 18.6 Å². The number of nitro benzene ring substituents is 1. The summed E-state index contributed by atoms with van der Waals surface area (Å²) < 4.78 is 13.3. The third-order valence-corrected chi connectivity index (χ3v) is 3.27. The largest absolute Gasteiger partial charge is 0.294 e. The number of carbonyl (C=O) groups is 1. The maximum absolute atomic E-state index is 13.3. The fourth-order valence-corrected chi connectivity index (χ4v) is 2.21. The number of nitrogens with zero attached hydrogens (tertiary/aromatic N) is 1. The Hall–Kier alpha value is -2.56. The molecule has 2 aromatic rings. The summed E-state index contributed by atoms with van der Waals surface area (Å²) in [6, 6.07) is 12.0. The highest BCUT2D eigenvalue weighted by atomic mass is 19.1. The highest BCUT2D eigenvalue weighted by Crippen LogP contribution is 2.24. The summed E-state index contributed by atoms with van der Waals surface area (Å²) in [5.41, 5.74) is 0.616. The Labute approximate surface area is 121 Å². The van der Waals surface area contributed by atoms with Crippen LogP contribution in [0, 0.1) is 21.8 Å². The van der Waals surface area contributed by atoms with Crippen LogP contribution in [0.15, 0.2) is 48.5 Å². The smallest absolute Gasteiger partial charge is 0.272 e. The van der Waals surface area contributed by atoms with Gasteiger partial charge < -0.3 is 0 Å². The lowest BCUT2D eigenvalue weighted by molar-refractivity contribution is -0.385. The number of halogens is 1. The maximum atomic E-state index is 13.3. The number of hydrogen-bond acceptors (Lipinski definition) is 3. The fourth-order valence-electron chi connectivity index (χ4n) is 2.21. The number of rotatable bonds is 5. The van der Waals surface area contributed by atoms with Gasteiger partial charge in [0.05, 0.1) is 4.92 Å². The van der Waals surface area contributed by atoms with Crippen LogP contribution in [0.3, 0.4) is 0 Å². The summed E-state index contributed by atoms with van der Waals surface area (Å²) in [4.78, 5) is 22.6. The monoisotopic (exact) mass is 287 g/mol. The van der Waals surface area contributed by atoms with E-state index in [-0.39, 0.29) is 23.5 Å². The van der Waals surface area contributed by atoms with Gasteiger partial charge in [0, 0.05) is 23.1 Å². The molecule has 0 saturated carbocycles. The van der Waals surface area contributed by atoms with Crippen LogP contribution < -0.4 is 0 Å². The van der Waals surface area contributed by atoms with E-state index in [2.05, 4.69) is 0 Å². The fraction of sp³-hybridized carbons (Fsp3) is 0.188. The molecule has 0 spiro atoms. The SMILES string of the molecule is CC(Cc1cc(F)ccc1[N+](=O)[O-])C(=O)c1ccccc1. The van der Waals surface area contributed by atoms with Crippen LogP contribution in [0.1, 0.15) is 22.8 Å². The van der Waals surface area contributed by atoms with Crippen molar-refractivity contribution in [1.82, 2.24) is 0 Å². The standard InChI is InChI=1S/C16H14FNO3/c1-11(16(19)12-5-3-2-4-6-12)9-13-10-14(17)7-8-15(13)18(20)21/h2-8,10-11H,9H2,1H3. The molecule has 0 heterocycles. The Morgan fingerprint density at radius 3 is 2.52 bits per heavy atom. The van der Waals surface area contributed by atoms with Gasteiger partial charge in [-0.2, -0.15) is 0 Å². The second-order valence-corrected chi connectivity index (χ2v) is 4.87.